The van der Waals surface area contributed by atoms with Crippen LogP contribution in [0.5, 0.6) is 0 Å². The van der Waals surface area contributed by atoms with Gasteiger partial charge in [-0.1, -0.05) is 13.8 Å². The zero-order chi connectivity index (χ0) is 9.35. The van der Waals surface area contributed by atoms with E-state index in [1.165, 1.54) is 0 Å². The predicted molar refractivity (Wildman–Crippen MR) is 45.6 cm³/mol. The van der Waals surface area contributed by atoms with Gasteiger partial charge < -0.3 is 5.32 Å². The molecule has 3 nitrogen and oxygen atoms in total. The average Bonchev–Trinajstić information content (AvgIpc) is 2.32. The molecule has 1 aliphatic heterocycles. The maximum Gasteiger partial charge on any atom is 0.233 e. The number of hydrogen-bond donors (Lipinski definition) is 1. The van der Waals surface area contributed by atoms with E-state index in [0.29, 0.717) is 13.0 Å². The van der Waals surface area contributed by atoms with Gasteiger partial charge in [0.15, 0.2) is 5.78 Å². The molecule has 0 aliphatic carbocycles. The molecule has 0 spiro atoms. The zero-order valence-electron chi connectivity index (χ0n) is 7.81. The Hall–Kier alpha value is -0.860. The molecule has 1 fully saturated rings. The Morgan fingerprint density at radius 3 is 2.50 bits per heavy atom. The standard InChI is InChI=1S/C9H15NO2/c1-6(2)7(11)9(3)4-5-10-8(9)12/h6H,4-5H2,1-3H3,(H,10,12). The molecule has 1 amide bonds. The first-order valence-electron chi connectivity index (χ1n) is 4.31. The number of hydrogen-bond acceptors (Lipinski definition) is 2. The van der Waals surface area contributed by atoms with E-state index in [2.05, 4.69) is 5.32 Å². The molecule has 1 saturated heterocycles. The van der Waals surface area contributed by atoms with Crippen LogP contribution in [0.1, 0.15) is 27.2 Å². The van der Waals surface area contributed by atoms with Crippen LogP contribution in [0, 0.1) is 11.3 Å². The fourth-order valence-corrected chi connectivity index (χ4v) is 1.61. The minimum atomic E-state index is -0.756. The number of nitrogens with one attached hydrogen (secondary N) is 1. The van der Waals surface area contributed by atoms with E-state index in [-0.39, 0.29) is 17.6 Å². The van der Waals surface area contributed by atoms with Crippen molar-refractivity contribution in [3.05, 3.63) is 0 Å². The molecular weight excluding hydrogens is 154 g/mol. The average molecular weight is 169 g/mol. The molecule has 12 heavy (non-hydrogen) atoms. The Kier molecular flexibility index (Phi) is 2.22. The molecule has 0 radical (unpaired) electrons. The molecule has 0 saturated carbocycles. The van der Waals surface area contributed by atoms with Crippen LogP contribution in [0.25, 0.3) is 0 Å². The lowest BCUT2D eigenvalue weighted by Crippen LogP contribution is -2.38. The largest absolute Gasteiger partial charge is 0.355 e. The summed E-state index contributed by atoms with van der Waals surface area (Å²) in [6.07, 6.45) is 0.642. The number of Topliss-reactive ketones (excluding diaryl/α,β-unsaturated/α-hetero) is 1. The van der Waals surface area contributed by atoms with Crippen molar-refractivity contribution in [1.82, 2.24) is 5.32 Å². The van der Waals surface area contributed by atoms with E-state index >= 15 is 0 Å². The van der Waals surface area contributed by atoms with E-state index in [9.17, 15) is 9.59 Å². The van der Waals surface area contributed by atoms with E-state index in [0.717, 1.165) is 0 Å². The summed E-state index contributed by atoms with van der Waals surface area (Å²) in [7, 11) is 0. The predicted octanol–water partition coefficient (Wildman–Crippen LogP) is 0.738. The van der Waals surface area contributed by atoms with Crippen LogP contribution >= 0.6 is 0 Å². The first-order valence-corrected chi connectivity index (χ1v) is 4.31. The summed E-state index contributed by atoms with van der Waals surface area (Å²) in [5, 5.41) is 2.69. The SMILES string of the molecule is CC(C)C(=O)C1(C)CCNC1=O. The smallest absolute Gasteiger partial charge is 0.233 e. The molecule has 0 bridgehead atoms. The lowest BCUT2D eigenvalue weighted by atomic mass is 9.79. The summed E-state index contributed by atoms with van der Waals surface area (Å²) in [5.41, 5.74) is -0.756. The van der Waals surface area contributed by atoms with Gasteiger partial charge in [0.1, 0.15) is 5.41 Å². The van der Waals surface area contributed by atoms with Crippen LogP contribution < -0.4 is 5.32 Å². The summed E-state index contributed by atoms with van der Waals surface area (Å²) in [5.74, 6) is -0.113. The molecule has 1 rings (SSSR count). The highest BCUT2D eigenvalue weighted by Crippen LogP contribution is 2.29. The Bertz CT molecular complexity index is 223. The van der Waals surface area contributed by atoms with Crippen LogP contribution in [-0.2, 0) is 9.59 Å². The summed E-state index contributed by atoms with van der Waals surface area (Å²) < 4.78 is 0. The van der Waals surface area contributed by atoms with Crippen LogP contribution in [0.3, 0.4) is 0 Å². The molecule has 1 atom stereocenters. The van der Waals surface area contributed by atoms with Crippen molar-refractivity contribution in [2.75, 3.05) is 6.54 Å². The van der Waals surface area contributed by atoms with Gasteiger partial charge in [-0.05, 0) is 13.3 Å². The number of ketones is 1. The zero-order valence-corrected chi connectivity index (χ0v) is 7.81. The van der Waals surface area contributed by atoms with Gasteiger partial charge in [-0.2, -0.15) is 0 Å². The van der Waals surface area contributed by atoms with Gasteiger partial charge in [-0.25, -0.2) is 0 Å². The van der Waals surface area contributed by atoms with Gasteiger partial charge in [0.25, 0.3) is 0 Å². The van der Waals surface area contributed by atoms with Crippen LogP contribution in [0.4, 0.5) is 0 Å². The lowest BCUT2D eigenvalue weighted by molar-refractivity contribution is -0.140. The topological polar surface area (TPSA) is 46.2 Å². The van der Waals surface area contributed by atoms with Gasteiger partial charge in [-0.15, -0.1) is 0 Å². The third-order valence-corrected chi connectivity index (χ3v) is 2.48. The molecule has 0 aromatic rings. The molecule has 68 valence electrons. The Morgan fingerprint density at radius 1 is 1.58 bits per heavy atom. The lowest BCUT2D eigenvalue weighted by Gasteiger charge is -2.20. The van der Waals surface area contributed by atoms with Gasteiger partial charge >= 0.3 is 0 Å². The van der Waals surface area contributed by atoms with Crippen molar-refractivity contribution in [2.24, 2.45) is 11.3 Å². The Labute approximate surface area is 72.5 Å². The van der Waals surface area contributed by atoms with Gasteiger partial charge in [0, 0.05) is 12.5 Å². The van der Waals surface area contributed by atoms with Crippen molar-refractivity contribution in [3.8, 4) is 0 Å². The normalized spacial score (nSPS) is 29.2. The summed E-state index contributed by atoms with van der Waals surface area (Å²) in [6.45, 7) is 6.03. The Morgan fingerprint density at radius 2 is 2.17 bits per heavy atom. The van der Waals surface area contributed by atoms with Gasteiger partial charge in [0.05, 0.1) is 0 Å². The minimum absolute atomic E-state index is 0.0532. The summed E-state index contributed by atoms with van der Waals surface area (Å²) >= 11 is 0. The van der Waals surface area contributed by atoms with Crippen LogP contribution in [-0.4, -0.2) is 18.2 Å². The molecule has 1 heterocycles. The quantitative estimate of drug-likeness (QED) is 0.620. The third-order valence-electron chi connectivity index (χ3n) is 2.48. The van der Waals surface area contributed by atoms with Crippen molar-refractivity contribution in [1.29, 1.82) is 0 Å². The summed E-state index contributed by atoms with van der Waals surface area (Å²) in [4.78, 5) is 22.9. The maximum atomic E-state index is 11.6. The van der Waals surface area contributed by atoms with Gasteiger partial charge in [0.2, 0.25) is 5.91 Å². The summed E-state index contributed by atoms with van der Waals surface area (Å²) in [6, 6.07) is 0. The fraction of sp³-hybridized carbons (Fsp3) is 0.778. The maximum absolute atomic E-state index is 11.6. The van der Waals surface area contributed by atoms with Gasteiger partial charge in [-0.3, -0.25) is 9.59 Å². The monoisotopic (exact) mass is 169 g/mol. The molecule has 0 aromatic heterocycles. The van der Waals surface area contributed by atoms with E-state index in [4.69, 9.17) is 0 Å². The first-order chi connectivity index (χ1) is 5.48. The number of amides is 1. The molecule has 1 aliphatic rings. The number of rotatable bonds is 2. The Balaban J connectivity index is 2.84. The second kappa shape index (κ2) is 2.88. The van der Waals surface area contributed by atoms with E-state index in [1.54, 1.807) is 6.92 Å². The minimum Gasteiger partial charge on any atom is -0.355 e. The molecular formula is C9H15NO2. The molecule has 0 aromatic carbocycles. The highest BCUT2D eigenvalue weighted by molar-refractivity contribution is 6.07. The van der Waals surface area contributed by atoms with E-state index < -0.39 is 5.41 Å². The van der Waals surface area contributed by atoms with Crippen molar-refractivity contribution in [2.45, 2.75) is 27.2 Å². The second-order valence-electron chi connectivity index (χ2n) is 3.86. The van der Waals surface area contributed by atoms with Crippen molar-refractivity contribution in [3.63, 3.8) is 0 Å². The molecule has 1 N–H and O–H groups in total. The first kappa shape index (κ1) is 9.23. The molecule has 1 unspecified atom stereocenters. The fourth-order valence-electron chi connectivity index (χ4n) is 1.61. The van der Waals surface area contributed by atoms with Crippen molar-refractivity contribution < 1.29 is 9.59 Å². The van der Waals surface area contributed by atoms with E-state index in [1.807, 2.05) is 13.8 Å². The molecule has 3 heteroatoms. The highest BCUT2D eigenvalue weighted by atomic mass is 16.2. The van der Waals surface area contributed by atoms with Crippen molar-refractivity contribution >= 4 is 11.7 Å². The highest BCUT2D eigenvalue weighted by Gasteiger charge is 2.44. The number of carbonyl (C=O) groups excluding carboxylic acids is 2. The van der Waals surface area contributed by atoms with Crippen LogP contribution in [0.2, 0.25) is 0 Å². The third kappa shape index (κ3) is 1.24. The number of carbonyl (C=O) groups is 2. The van der Waals surface area contributed by atoms with Crippen LogP contribution in [0.15, 0.2) is 0 Å². The second-order valence-corrected chi connectivity index (χ2v) is 3.86.